The van der Waals surface area contributed by atoms with Crippen LogP contribution in [0.1, 0.15) is 29.5 Å². The molecule has 0 heterocycles. The van der Waals surface area contributed by atoms with Crippen LogP contribution in [0.2, 0.25) is 0 Å². The number of thioether (sulfide) groups is 2. The van der Waals surface area contributed by atoms with Gasteiger partial charge in [-0.25, -0.2) is 0 Å². The Hall–Kier alpha value is -2.06. The molecule has 0 aromatic heterocycles. The molecule has 5 nitrogen and oxygen atoms in total. The summed E-state index contributed by atoms with van der Waals surface area (Å²) in [7, 11) is 0. The Bertz CT molecular complexity index is 963. The zero-order valence-electron chi connectivity index (χ0n) is 19.1. The van der Waals surface area contributed by atoms with E-state index >= 15 is 0 Å². The van der Waals surface area contributed by atoms with E-state index < -0.39 is 18.2 Å². The van der Waals surface area contributed by atoms with Crippen LogP contribution in [-0.4, -0.2) is 61.8 Å². The highest BCUT2D eigenvalue weighted by molar-refractivity contribution is 8.01. The standard InChI is InChI=1S/C27H32O5S2/c28-22(16-21-9-4-8-20(15-21)14-19-6-2-1-3-7-19)10-11-23-24(29)17-25(30)27(23)34-13-5-12-33-18-26(31)32/h1-4,6-11,15,22-24,27-29H,5,12-14,16-18H2,(H,31,32)/t22?,23-,24?,27?/m0/s1. The second kappa shape index (κ2) is 13.7. The van der Waals surface area contributed by atoms with E-state index in [0.29, 0.717) is 6.42 Å². The Labute approximate surface area is 209 Å². The van der Waals surface area contributed by atoms with E-state index in [1.165, 1.54) is 34.7 Å². The van der Waals surface area contributed by atoms with E-state index in [1.807, 2.05) is 30.3 Å². The van der Waals surface area contributed by atoms with Crippen molar-refractivity contribution in [3.8, 4) is 0 Å². The van der Waals surface area contributed by atoms with E-state index in [-0.39, 0.29) is 29.1 Å². The van der Waals surface area contributed by atoms with Gasteiger partial charge in [0.15, 0.2) is 0 Å². The van der Waals surface area contributed by atoms with Crippen molar-refractivity contribution in [2.24, 2.45) is 5.92 Å². The van der Waals surface area contributed by atoms with E-state index in [2.05, 4.69) is 24.3 Å². The normalized spacial score (nSPS) is 21.2. The largest absolute Gasteiger partial charge is 0.481 e. The number of rotatable bonds is 13. The third-order valence-corrected chi connectivity index (χ3v) is 8.21. The Morgan fingerprint density at radius 1 is 1.06 bits per heavy atom. The van der Waals surface area contributed by atoms with Crippen molar-refractivity contribution in [1.82, 2.24) is 0 Å². The van der Waals surface area contributed by atoms with E-state index in [1.54, 1.807) is 12.2 Å². The maximum absolute atomic E-state index is 12.4. The molecule has 0 amide bonds. The van der Waals surface area contributed by atoms with Crippen LogP contribution in [0.15, 0.2) is 66.7 Å². The molecule has 3 N–H and O–H groups in total. The molecule has 1 aliphatic rings. The highest BCUT2D eigenvalue weighted by Gasteiger charge is 2.40. The second-order valence-corrected chi connectivity index (χ2v) is 10.9. The first-order valence-corrected chi connectivity index (χ1v) is 13.7. The third kappa shape index (κ3) is 8.62. The molecule has 1 aliphatic carbocycles. The zero-order chi connectivity index (χ0) is 24.3. The summed E-state index contributed by atoms with van der Waals surface area (Å²) >= 11 is 2.89. The molecular formula is C27H32O5S2. The number of aliphatic hydroxyl groups excluding tert-OH is 2. The van der Waals surface area contributed by atoms with Crippen LogP contribution in [0, 0.1) is 5.92 Å². The summed E-state index contributed by atoms with van der Waals surface area (Å²) in [5.74, 6) is 0.446. The van der Waals surface area contributed by atoms with Crippen molar-refractivity contribution in [2.45, 2.75) is 43.1 Å². The maximum atomic E-state index is 12.4. The number of hydrogen-bond acceptors (Lipinski definition) is 6. The van der Waals surface area contributed by atoms with Gasteiger partial charge in [-0.2, -0.15) is 11.8 Å². The minimum atomic E-state index is -0.821. The average molecular weight is 501 g/mol. The first kappa shape index (κ1) is 26.5. The lowest BCUT2D eigenvalue weighted by atomic mass is 9.99. The Morgan fingerprint density at radius 3 is 2.56 bits per heavy atom. The van der Waals surface area contributed by atoms with Crippen LogP contribution in [0.5, 0.6) is 0 Å². The lowest BCUT2D eigenvalue weighted by molar-refractivity contribution is -0.133. The molecule has 34 heavy (non-hydrogen) atoms. The van der Waals surface area contributed by atoms with Crippen LogP contribution in [0.25, 0.3) is 0 Å². The summed E-state index contributed by atoms with van der Waals surface area (Å²) in [4.78, 5) is 22.9. The summed E-state index contributed by atoms with van der Waals surface area (Å²) in [5.41, 5.74) is 3.47. The van der Waals surface area contributed by atoms with Gasteiger partial charge in [0.2, 0.25) is 0 Å². The molecule has 1 saturated carbocycles. The first-order valence-electron chi connectivity index (χ1n) is 11.5. The van der Waals surface area contributed by atoms with Gasteiger partial charge in [0.1, 0.15) is 5.78 Å². The smallest absolute Gasteiger partial charge is 0.313 e. The molecule has 7 heteroatoms. The highest BCUT2D eigenvalue weighted by Crippen LogP contribution is 2.34. The van der Waals surface area contributed by atoms with Crippen LogP contribution in [0.3, 0.4) is 0 Å². The number of carbonyl (C=O) groups is 2. The number of Topliss-reactive ketones (excluding diaryl/α,β-unsaturated/α-hetero) is 1. The molecule has 0 bridgehead atoms. The predicted octanol–water partition coefficient (Wildman–Crippen LogP) is 4.00. The number of carboxylic acids is 1. The molecular weight excluding hydrogens is 468 g/mol. The fourth-order valence-electron chi connectivity index (χ4n) is 4.10. The molecule has 0 aliphatic heterocycles. The van der Waals surface area contributed by atoms with E-state index in [0.717, 1.165) is 29.9 Å². The predicted molar refractivity (Wildman–Crippen MR) is 139 cm³/mol. The van der Waals surface area contributed by atoms with Crippen molar-refractivity contribution >= 4 is 35.3 Å². The van der Waals surface area contributed by atoms with Crippen LogP contribution in [-0.2, 0) is 22.4 Å². The summed E-state index contributed by atoms with van der Waals surface area (Å²) in [6.07, 6.45) is 4.31. The number of aliphatic carboxylic acids is 1. The fourth-order valence-corrected chi connectivity index (χ4v) is 6.29. The first-order chi connectivity index (χ1) is 16.4. The number of hydrogen-bond donors (Lipinski definition) is 3. The van der Waals surface area contributed by atoms with Crippen molar-refractivity contribution in [3.63, 3.8) is 0 Å². The molecule has 0 radical (unpaired) electrons. The quantitative estimate of drug-likeness (QED) is 0.283. The van der Waals surface area contributed by atoms with Gasteiger partial charge in [0.05, 0.1) is 23.2 Å². The van der Waals surface area contributed by atoms with Crippen molar-refractivity contribution < 1.29 is 24.9 Å². The molecule has 4 atom stereocenters. The Kier molecular flexibility index (Phi) is 10.7. The van der Waals surface area contributed by atoms with Gasteiger partial charge in [-0.15, -0.1) is 11.8 Å². The molecule has 2 aromatic rings. The lowest BCUT2D eigenvalue weighted by Gasteiger charge is -2.17. The third-order valence-electron chi connectivity index (χ3n) is 5.72. The molecule has 0 spiro atoms. The minimum Gasteiger partial charge on any atom is -0.481 e. The van der Waals surface area contributed by atoms with E-state index in [9.17, 15) is 19.8 Å². The van der Waals surface area contributed by atoms with Gasteiger partial charge < -0.3 is 15.3 Å². The van der Waals surface area contributed by atoms with Gasteiger partial charge >= 0.3 is 5.97 Å². The van der Waals surface area contributed by atoms with Crippen LogP contribution in [0.4, 0.5) is 0 Å². The number of benzene rings is 2. The average Bonchev–Trinajstić information content (AvgIpc) is 3.07. The Morgan fingerprint density at radius 2 is 1.79 bits per heavy atom. The van der Waals surface area contributed by atoms with Gasteiger partial charge in [0, 0.05) is 18.8 Å². The van der Waals surface area contributed by atoms with Crippen molar-refractivity contribution in [2.75, 3.05) is 17.3 Å². The van der Waals surface area contributed by atoms with Crippen LogP contribution >= 0.6 is 23.5 Å². The summed E-state index contributed by atoms with van der Waals surface area (Å²) in [5, 5.41) is 29.3. The topological polar surface area (TPSA) is 94.8 Å². The number of carboxylic acid groups (broad SMARTS) is 1. The van der Waals surface area contributed by atoms with Crippen molar-refractivity contribution in [3.05, 3.63) is 83.4 Å². The molecule has 182 valence electrons. The number of ketones is 1. The molecule has 3 unspecified atom stereocenters. The Balaban J connectivity index is 1.51. The second-order valence-electron chi connectivity index (χ2n) is 8.55. The SMILES string of the molecule is O=C(O)CSCCCSC1C(=O)CC(O)[C@@H]1C=CC(O)Cc1cccc(Cc2ccccc2)c1. The molecule has 2 aromatic carbocycles. The van der Waals surface area contributed by atoms with Gasteiger partial charge in [0.25, 0.3) is 0 Å². The monoisotopic (exact) mass is 500 g/mol. The van der Waals surface area contributed by atoms with Gasteiger partial charge in [-0.3, -0.25) is 9.59 Å². The van der Waals surface area contributed by atoms with Gasteiger partial charge in [-0.05, 0) is 41.0 Å². The number of carbonyl (C=O) groups excluding carboxylic acids is 1. The molecule has 3 rings (SSSR count). The fraction of sp³-hybridized carbons (Fsp3) is 0.407. The zero-order valence-corrected chi connectivity index (χ0v) is 20.7. The number of aliphatic hydroxyl groups is 2. The maximum Gasteiger partial charge on any atom is 0.313 e. The molecule has 1 fully saturated rings. The summed E-state index contributed by atoms with van der Waals surface area (Å²) in [6, 6.07) is 18.5. The summed E-state index contributed by atoms with van der Waals surface area (Å²) in [6.45, 7) is 0. The minimum absolute atomic E-state index is 0.0356. The highest BCUT2D eigenvalue weighted by atomic mass is 32.2. The summed E-state index contributed by atoms with van der Waals surface area (Å²) < 4.78 is 0. The van der Waals surface area contributed by atoms with Crippen LogP contribution < -0.4 is 0 Å². The van der Waals surface area contributed by atoms with Crippen molar-refractivity contribution in [1.29, 1.82) is 0 Å². The van der Waals surface area contributed by atoms with Gasteiger partial charge in [-0.1, -0.05) is 66.7 Å². The molecule has 0 saturated heterocycles. The lowest BCUT2D eigenvalue weighted by Crippen LogP contribution is -2.22. The van der Waals surface area contributed by atoms with E-state index in [4.69, 9.17) is 5.11 Å².